The second-order valence-corrected chi connectivity index (χ2v) is 8.60. The Morgan fingerprint density at radius 1 is 1.08 bits per heavy atom. The highest BCUT2D eigenvalue weighted by Crippen LogP contribution is 2.30. The van der Waals surface area contributed by atoms with Gasteiger partial charge in [-0.25, -0.2) is 0 Å². The Labute approximate surface area is 150 Å². The number of aromatic amines is 1. The van der Waals surface area contributed by atoms with Crippen LogP contribution in [0.25, 0.3) is 0 Å². The molecule has 1 aromatic carbocycles. The minimum absolute atomic E-state index is 0.0306. The van der Waals surface area contributed by atoms with Gasteiger partial charge in [0.15, 0.2) is 0 Å². The van der Waals surface area contributed by atoms with Crippen molar-refractivity contribution in [2.24, 2.45) is 5.92 Å². The molecule has 3 nitrogen and oxygen atoms in total. The van der Waals surface area contributed by atoms with E-state index in [0.717, 1.165) is 25.1 Å². The summed E-state index contributed by atoms with van der Waals surface area (Å²) < 4.78 is 0. The zero-order valence-electron chi connectivity index (χ0n) is 16.1. The number of aromatic nitrogens is 1. The number of nitrogens with one attached hydrogen (secondary N) is 2. The van der Waals surface area contributed by atoms with E-state index < -0.39 is 0 Å². The molecule has 0 saturated heterocycles. The first-order chi connectivity index (χ1) is 11.8. The van der Waals surface area contributed by atoms with Gasteiger partial charge in [0.05, 0.1) is 0 Å². The van der Waals surface area contributed by atoms with Gasteiger partial charge in [-0.05, 0) is 52.0 Å². The van der Waals surface area contributed by atoms with Crippen LogP contribution in [0.5, 0.6) is 0 Å². The van der Waals surface area contributed by atoms with E-state index in [-0.39, 0.29) is 11.0 Å². The van der Waals surface area contributed by atoms with Crippen molar-refractivity contribution in [1.82, 2.24) is 10.3 Å². The predicted molar refractivity (Wildman–Crippen MR) is 104 cm³/mol. The Bertz CT molecular complexity index is 814. The van der Waals surface area contributed by atoms with Crippen molar-refractivity contribution < 1.29 is 0 Å². The number of hydrogen-bond donors (Lipinski definition) is 2. The van der Waals surface area contributed by atoms with E-state index >= 15 is 0 Å². The number of fused-ring (bicyclic) bond motifs is 1. The summed E-state index contributed by atoms with van der Waals surface area (Å²) in [5, 5.41) is 3.41. The van der Waals surface area contributed by atoms with E-state index in [0.29, 0.717) is 11.8 Å². The molecule has 3 heteroatoms. The maximum absolute atomic E-state index is 12.1. The molecule has 0 saturated carbocycles. The number of H-pyrrole nitrogens is 1. The molecule has 25 heavy (non-hydrogen) atoms. The summed E-state index contributed by atoms with van der Waals surface area (Å²) in [6.45, 7) is 12.9. The summed E-state index contributed by atoms with van der Waals surface area (Å²) in [5.74, 6) is 0.988. The third kappa shape index (κ3) is 3.87. The van der Waals surface area contributed by atoms with E-state index in [9.17, 15) is 4.79 Å². The fourth-order valence-electron chi connectivity index (χ4n) is 3.68. The number of pyridine rings is 1. The summed E-state index contributed by atoms with van der Waals surface area (Å²) >= 11 is 0. The van der Waals surface area contributed by atoms with Crippen molar-refractivity contribution in [2.75, 3.05) is 0 Å². The molecule has 2 aromatic rings. The van der Waals surface area contributed by atoms with Gasteiger partial charge in [-0.1, -0.05) is 52.8 Å². The molecule has 1 aliphatic heterocycles. The van der Waals surface area contributed by atoms with Crippen LogP contribution >= 0.6 is 0 Å². The largest absolute Gasteiger partial charge is 0.329 e. The molecule has 2 heterocycles. The lowest BCUT2D eigenvalue weighted by Gasteiger charge is -2.23. The van der Waals surface area contributed by atoms with Crippen LogP contribution in [0, 0.1) is 5.92 Å². The third-order valence-electron chi connectivity index (χ3n) is 5.57. The van der Waals surface area contributed by atoms with Crippen LogP contribution in [0.2, 0.25) is 0 Å². The normalized spacial score (nSPS) is 16.5. The van der Waals surface area contributed by atoms with E-state index in [1.54, 1.807) is 0 Å². The molecule has 0 radical (unpaired) electrons. The monoisotopic (exact) mass is 338 g/mol. The van der Waals surface area contributed by atoms with E-state index in [1.807, 2.05) is 6.20 Å². The predicted octanol–water partition coefficient (Wildman–Crippen LogP) is 4.26. The number of rotatable bonds is 4. The quantitative estimate of drug-likeness (QED) is 0.875. The minimum Gasteiger partial charge on any atom is -0.329 e. The maximum atomic E-state index is 12.1. The Morgan fingerprint density at radius 2 is 1.80 bits per heavy atom. The van der Waals surface area contributed by atoms with Crippen molar-refractivity contribution in [3.05, 3.63) is 68.6 Å². The smallest absolute Gasteiger partial charge is 0.251 e. The summed E-state index contributed by atoms with van der Waals surface area (Å²) in [5.41, 5.74) is 6.26. The van der Waals surface area contributed by atoms with Gasteiger partial charge >= 0.3 is 0 Å². The fraction of sp³-hybridized carbons (Fsp3) is 0.500. The van der Waals surface area contributed by atoms with Crippen LogP contribution in [0.15, 0.2) is 35.3 Å². The Kier molecular flexibility index (Phi) is 4.88. The third-order valence-corrected chi connectivity index (χ3v) is 5.57. The van der Waals surface area contributed by atoms with Crippen molar-refractivity contribution in [3.8, 4) is 0 Å². The Morgan fingerprint density at radius 3 is 2.52 bits per heavy atom. The number of benzene rings is 1. The van der Waals surface area contributed by atoms with Gasteiger partial charge in [-0.3, -0.25) is 4.79 Å². The fourth-order valence-corrected chi connectivity index (χ4v) is 3.68. The Balaban J connectivity index is 1.78. The van der Waals surface area contributed by atoms with Crippen molar-refractivity contribution in [2.45, 2.75) is 65.5 Å². The SMILES string of the molecule is CC(Cc1c[nH]c(=O)c(C(C)(C)C)c1)C(C)c1ccc2c(c1)CNC2. The van der Waals surface area contributed by atoms with Crippen molar-refractivity contribution in [1.29, 1.82) is 0 Å². The van der Waals surface area contributed by atoms with Crippen LogP contribution < -0.4 is 10.9 Å². The van der Waals surface area contributed by atoms with Gasteiger partial charge in [0.2, 0.25) is 0 Å². The van der Waals surface area contributed by atoms with Crippen LogP contribution in [0.1, 0.15) is 68.4 Å². The molecule has 0 bridgehead atoms. The summed E-state index contributed by atoms with van der Waals surface area (Å²) in [6.07, 6.45) is 2.85. The Hall–Kier alpha value is -1.87. The molecule has 0 amide bonds. The van der Waals surface area contributed by atoms with E-state index in [4.69, 9.17) is 0 Å². The first kappa shape index (κ1) is 17.9. The molecule has 2 N–H and O–H groups in total. The molecule has 2 atom stereocenters. The summed E-state index contributed by atoms with van der Waals surface area (Å²) in [6, 6.07) is 9.00. The van der Waals surface area contributed by atoms with Crippen LogP contribution in [-0.2, 0) is 24.9 Å². The molecule has 134 valence electrons. The lowest BCUT2D eigenvalue weighted by Crippen LogP contribution is -2.25. The number of hydrogen-bond acceptors (Lipinski definition) is 2. The molecule has 1 aliphatic rings. The lowest BCUT2D eigenvalue weighted by atomic mass is 9.82. The van der Waals surface area contributed by atoms with Gasteiger partial charge in [0.1, 0.15) is 0 Å². The van der Waals surface area contributed by atoms with Gasteiger partial charge in [-0.2, -0.15) is 0 Å². The molecule has 0 fully saturated rings. The molecule has 0 spiro atoms. The van der Waals surface area contributed by atoms with Crippen LogP contribution in [0.4, 0.5) is 0 Å². The molecule has 0 aliphatic carbocycles. The summed E-state index contributed by atoms with van der Waals surface area (Å²) in [7, 11) is 0. The first-order valence-corrected chi connectivity index (χ1v) is 9.30. The topological polar surface area (TPSA) is 44.9 Å². The van der Waals surface area contributed by atoms with Gasteiger partial charge in [-0.15, -0.1) is 0 Å². The van der Waals surface area contributed by atoms with Gasteiger partial charge in [0, 0.05) is 24.8 Å². The highest BCUT2D eigenvalue weighted by molar-refractivity contribution is 5.36. The maximum Gasteiger partial charge on any atom is 0.251 e. The molecule has 2 unspecified atom stereocenters. The average Bonchev–Trinajstić information content (AvgIpc) is 3.02. The molecular weight excluding hydrogens is 308 g/mol. The van der Waals surface area contributed by atoms with Crippen LogP contribution in [-0.4, -0.2) is 4.98 Å². The minimum atomic E-state index is -0.134. The molecule has 1 aromatic heterocycles. The standard InChI is InChI=1S/C22H30N2O/c1-14(8-16-9-20(22(3,4)5)21(25)24-11-16)15(2)17-6-7-18-12-23-13-19(18)10-17/h6-7,9-11,14-15,23H,8,12-13H2,1-5H3,(H,24,25). The summed E-state index contributed by atoms with van der Waals surface area (Å²) in [4.78, 5) is 15.0. The highest BCUT2D eigenvalue weighted by Gasteiger charge is 2.21. The van der Waals surface area contributed by atoms with Gasteiger partial charge < -0.3 is 10.3 Å². The first-order valence-electron chi connectivity index (χ1n) is 9.30. The van der Waals surface area contributed by atoms with Crippen molar-refractivity contribution in [3.63, 3.8) is 0 Å². The average molecular weight is 338 g/mol. The van der Waals surface area contributed by atoms with E-state index in [1.165, 1.54) is 22.3 Å². The van der Waals surface area contributed by atoms with E-state index in [2.05, 4.69) is 69.2 Å². The lowest BCUT2D eigenvalue weighted by molar-refractivity contribution is 0.483. The van der Waals surface area contributed by atoms with Gasteiger partial charge in [0.25, 0.3) is 5.56 Å². The second kappa shape index (κ2) is 6.80. The molecular formula is C22H30N2O. The highest BCUT2D eigenvalue weighted by atomic mass is 16.1. The zero-order valence-corrected chi connectivity index (χ0v) is 16.1. The van der Waals surface area contributed by atoms with Crippen molar-refractivity contribution >= 4 is 0 Å². The zero-order chi connectivity index (χ0) is 18.2. The second-order valence-electron chi connectivity index (χ2n) is 8.60. The molecule has 3 rings (SSSR count). The van der Waals surface area contributed by atoms with Crippen LogP contribution in [0.3, 0.4) is 0 Å².